The van der Waals surface area contributed by atoms with E-state index in [-0.39, 0.29) is 12.4 Å². The molecule has 3 N–H and O–H groups in total. The highest BCUT2D eigenvalue weighted by molar-refractivity contribution is 5.85. The summed E-state index contributed by atoms with van der Waals surface area (Å²) in [5, 5.41) is 10.1. The van der Waals surface area contributed by atoms with Gasteiger partial charge in [-0.05, 0) is 31.5 Å². The number of nitrogens with zero attached hydrogens (tertiary/aromatic N) is 2. The Morgan fingerprint density at radius 2 is 1.86 bits per heavy atom. The van der Waals surface area contributed by atoms with Crippen LogP contribution in [0.1, 0.15) is 19.3 Å². The highest BCUT2D eigenvalue weighted by atomic mass is 35.5. The standard InChI is InChI=1S/C15H21N5.ClH/c1-16-14-15(18-10-11-6-4-5-9-17-11)20-13-8-3-2-7-12(13)19-14;/h2-3,7-8,11,17H,4-6,9-10H2,1H3,(H,16,19)(H,18,20);1H. The monoisotopic (exact) mass is 307 g/mol. The number of aromatic nitrogens is 2. The Bertz CT molecular complexity index is 583. The molecule has 1 atom stereocenters. The van der Waals surface area contributed by atoms with E-state index < -0.39 is 0 Å². The van der Waals surface area contributed by atoms with Gasteiger partial charge in [0, 0.05) is 19.6 Å². The zero-order valence-corrected chi connectivity index (χ0v) is 13.0. The van der Waals surface area contributed by atoms with Crippen molar-refractivity contribution in [1.29, 1.82) is 0 Å². The fourth-order valence-corrected chi connectivity index (χ4v) is 2.62. The maximum Gasteiger partial charge on any atom is 0.169 e. The molecule has 2 aromatic rings. The lowest BCUT2D eigenvalue weighted by molar-refractivity contribution is 0.414. The number of nitrogens with one attached hydrogen (secondary N) is 3. The molecule has 0 spiro atoms. The third kappa shape index (κ3) is 3.74. The van der Waals surface area contributed by atoms with Crippen molar-refractivity contribution in [3.8, 4) is 0 Å². The van der Waals surface area contributed by atoms with Crippen molar-refractivity contribution in [2.45, 2.75) is 25.3 Å². The van der Waals surface area contributed by atoms with Gasteiger partial charge in [0.1, 0.15) is 0 Å². The summed E-state index contributed by atoms with van der Waals surface area (Å²) in [6.45, 7) is 2.01. The Kier molecular flexibility index (Phi) is 5.59. The average molecular weight is 308 g/mol. The van der Waals surface area contributed by atoms with Crippen molar-refractivity contribution >= 4 is 35.1 Å². The molecule has 5 nitrogen and oxygen atoms in total. The minimum atomic E-state index is 0. The van der Waals surface area contributed by atoms with E-state index in [1.807, 2.05) is 31.3 Å². The fourth-order valence-electron chi connectivity index (χ4n) is 2.62. The fraction of sp³-hybridized carbons (Fsp3) is 0.467. The average Bonchev–Trinajstić information content (AvgIpc) is 2.53. The van der Waals surface area contributed by atoms with Gasteiger partial charge in [-0.25, -0.2) is 9.97 Å². The van der Waals surface area contributed by atoms with Gasteiger partial charge in [0.15, 0.2) is 11.6 Å². The van der Waals surface area contributed by atoms with Crippen LogP contribution in [0.2, 0.25) is 0 Å². The number of piperidine rings is 1. The number of para-hydroxylation sites is 2. The molecule has 1 unspecified atom stereocenters. The lowest BCUT2D eigenvalue weighted by atomic mass is 10.1. The predicted molar refractivity (Wildman–Crippen MR) is 90.5 cm³/mol. The molecule has 1 fully saturated rings. The minimum Gasteiger partial charge on any atom is -0.370 e. The normalized spacial score (nSPS) is 18.0. The van der Waals surface area contributed by atoms with Gasteiger partial charge in [-0.15, -0.1) is 12.4 Å². The number of hydrogen-bond acceptors (Lipinski definition) is 5. The summed E-state index contributed by atoms with van der Waals surface area (Å²) < 4.78 is 0. The molecule has 0 aliphatic carbocycles. The molecule has 1 saturated heterocycles. The van der Waals surface area contributed by atoms with Crippen LogP contribution in [0.3, 0.4) is 0 Å². The first-order valence-electron chi connectivity index (χ1n) is 7.28. The van der Waals surface area contributed by atoms with Gasteiger partial charge in [0.2, 0.25) is 0 Å². The second-order valence-electron chi connectivity index (χ2n) is 5.19. The Hall–Kier alpha value is -1.59. The molecule has 114 valence electrons. The van der Waals surface area contributed by atoms with E-state index in [2.05, 4.69) is 25.9 Å². The predicted octanol–water partition coefficient (Wildman–Crippen LogP) is 2.65. The molecule has 1 aromatic heterocycles. The molecule has 21 heavy (non-hydrogen) atoms. The molecule has 0 amide bonds. The van der Waals surface area contributed by atoms with E-state index in [1.54, 1.807) is 0 Å². The Morgan fingerprint density at radius 1 is 1.14 bits per heavy atom. The number of fused-ring (bicyclic) bond motifs is 1. The van der Waals surface area contributed by atoms with Gasteiger partial charge >= 0.3 is 0 Å². The first-order chi connectivity index (χ1) is 9.86. The van der Waals surface area contributed by atoms with E-state index in [0.29, 0.717) is 6.04 Å². The number of rotatable bonds is 4. The van der Waals surface area contributed by atoms with Crippen molar-refractivity contribution in [1.82, 2.24) is 15.3 Å². The lowest BCUT2D eigenvalue weighted by Gasteiger charge is -2.24. The van der Waals surface area contributed by atoms with Gasteiger partial charge in [-0.3, -0.25) is 0 Å². The van der Waals surface area contributed by atoms with E-state index in [0.717, 1.165) is 35.8 Å². The summed E-state index contributed by atoms with van der Waals surface area (Å²) in [6.07, 6.45) is 3.82. The molecule has 1 aliphatic rings. The molecule has 0 saturated carbocycles. The van der Waals surface area contributed by atoms with Crippen LogP contribution in [0.25, 0.3) is 11.0 Å². The number of benzene rings is 1. The smallest absolute Gasteiger partial charge is 0.169 e. The molecule has 0 radical (unpaired) electrons. The lowest BCUT2D eigenvalue weighted by Crippen LogP contribution is -2.39. The van der Waals surface area contributed by atoms with Gasteiger partial charge in [0.05, 0.1) is 11.0 Å². The maximum absolute atomic E-state index is 4.67. The van der Waals surface area contributed by atoms with Crippen molar-refractivity contribution in [2.24, 2.45) is 0 Å². The summed E-state index contributed by atoms with van der Waals surface area (Å²) >= 11 is 0. The Morgan fingerprint density at radius 3 is 2.48 bits per heavy atom. The van der Waals surface area contributed by atoms with Crippen molar-refractivity contribution in [3.05, 3.63) is 24.3 Å². The second kappa shape index (κ2) is 7.43. The largest absolute Gasteiger partial charge is 0.370 e. The summed E-state index contributed by atoms with van der Waals surface area (Å²) in [5.74, 6) is 1.64. The van der Waals surface area contributed by atoms with Crippen LogP contribution in [0.15, 0.2) is 24.3 Å². The van der Waals surface area contributed by atoms with Crippen molar-refractivity contribution < 1.29 is 0 Å². The number of anilines is 2. The van der Waals surface area contributed by atoms with Crippen LogP contribution in [-0.2, 0) is 0 Å². The molecule has 1 aromatic carbocycles. The second-order valence-corrected chi connectivity index (χ2v) is 5.19. The summed E-state index contributed by atoms with van der Waals surface area (Å²) in [7, 11) is 1.88. The van der Waals surface area contributed by atoms with Crippen LogP contribution in [0.4, 0.5) is 11.6 Å². The zero-order chi connectivity index (χ0) is 13.8. The van der Waals surface area contributed by atoms with Crippen LogP contribution in [0, 0.1) is 0 Å². The van der Waals surface area contributed by atoms with Crippen LogP contribution in [-0.4, -0.2) is 36.1 Å². The molecular weight excluding hydrogens is 286 g/mol. The zero-order valence-electron chi connectivity index (χ0n) is 12.2. The van der Waals surface area contributed by atoms with Crippen LogP contribution >= 0.6 is 12.4 Å². The van der Waals surface area contributed by atoms with E-state index in [9.17, 15) is 0 Å². The summed E-state index contributed by atoms with van der Waals surface area (Å²) in [5.41, 5.74) is 1.84. The molecule has 6 heteroatoms. The molecule has 3 rings (SSSR count). The van der Waals surface area contributed by atoms with Crippen LogP contribution < -0.4 is 16.0 Å². The van der Waals surface area contributed by atoms with E-state index in [4.69, 9.17) is 0 Å². The summed E-state index contributed by atoms with van der Waals surface area (Å²) in [6, 6.07) is 8.47. The number of halogens is 1. The molecule has 1 aliphatic heterocycles. The molecule has 0 bridgehead atoms. The Balaban J connectivity index is 0.00000161. The van der Waals surface area contributed by atoms with Crippen LogP contribution in [0.5, 0.6) is 0 Å². The van der Waals surface area contributed by atoms with E-state index >= 15 is 0 Å². The maximum atomic E-state index is 4.67. The SMILES string of the molecule is CNc1nc2ccccc2nc1NCC1CCCCN1.Cl. The quantitative estimate of drug-likeness (QED) is 0.810. The molecule has 2 heterocycles. The third-order valence-corrected chi connectivity index (χ3v) is 3.74. The van der Waals surface area contributed by atoms with Gasteiger partial charge in [-0.2, -0.15) is 0 Å². The van der Waals surface area contributed by atoms with Gasteiger partial charge in [-0.1, -0.05) is 18.6 Å². The first-order valence-corrected chi connectivity index (χ1v) is 7.28. The minimum absolute atomic E-state index is 0. The number of hydrogen-bond donors (Lipinski definition) is 3. The van der Waals surface area contributed by atoms with E-state index in [1.165, 1.54) is 19.3 Å². The van der Waals surface area contributed by atoms with Crippen molar-refractivity contribution in [2.75, 3.05) is 30.8 Å². The Labute approximate surface area is 131 Å². The molecular formula is C15H22ClN5. The topological polar surface area (TPSA) is 61.9 Å². The first kappa shape index (κ1) is 15.8. The van der Waals surface area contributed by atoms with Crippen molar-refractivity contribution in [3.63, 3.8) is 0 Å². The highest BCUT2D eigenvalue weighted by Gasteiger charge is 2.14. The summed E-state index contributed by atoms with van der Waals surface area (Å²) in [4.78, 5) is 9.27. The van der Waals surface area contributed by atoms with Gasteiger partial charge in [0.25, 0.3) is 0 Å². The third-order valence-electron chi connectivity index (χ3n) is 3.74. The van der Waals surface area contributed by atoms with Gasteiger partial charge < -0.3 is 16.0 Å². The highest BCUT2D eigenvalue weighted by Crippen LogP contribution is 2.21.